The molecule has 4 nitrogen and oxygen atoms in total. The quantitative estimate of drug-likeness (QED) is 0.799. The monoisotopic (exact) mass is 315 g/mol. The molecule has 0 spiro atoms. The van der Waals surface area contributed by atoms with Crippen molar-refractivity contribution in [3.63, 3.8) is 0 Å². The van der Waals surface area contributed by atoms with Gasteiger partial charge in [-0.05, 0) is 18.2 Å². The number of aromatic nitrogens is 1. The number of ether oxygens (including phenoxy) is 2. The van der Waals surface area contributed by atoms with Crippen LogP contribution in [0.2, 0.25) is 0 Å². The van der Waals surface area contributed by atoms with Crippen LogP contribution in [0.15, 0.2) is 24.4 Å². The van der Waals surface area contributed by atoms with Crippen molar-refractivity contribution in [3.8, 4) is 11.5 Å². The molecule has 0 amide bonds. The molecule has 0 unspecified atom stereocenters. The minimum absolute atomic E-state index is 0.0704. The molecule has 2 aromatic rings. The molecule has 1 aromatic heterocycles. The first-order valence-corrected chi connectivity index (χ1v) is 6.74. The molecule has 0 radical (unpaired) electrons. The summed E-state index contributed by atoms with van der Waals surface area (Å²) in [5, 5.41) is -1.04. The van der Waals surface area contributed by atoms with E-state index in [1.807, 2.05) is 0 Å². The molecule has 0 N–H and O–H groups in total. The number of ketones is 1. The van der Waals surface area contributed by atoms with Crippen molar-refractivity contribution in [1.82, 2.24) is 4.98 Å². The summed E-state index contributed by atoms with van der Waals surface area (Å²) in [6.45, 7) is 0.785. The van der Waals surface area contributed by atoms with Crippen LogP contribution >= 0.6 is 11.3 Å². The number of hydrogen-bond donors (Lipinski definition) is 0. The van der Waals surface area contributed by atoms with Crippen LogP contribution < -0.4 is 9.47 Å². The zero-order valence-corrected chi connectivity index (χ0v) is 11.3. The number of rotatable bonds is 2. The van der Waals surface area contributed by atoms with Gasteiger partial charge in [-0.2, -0.15) is 13.2 Å². The van der Waals surface area contributed by atoms with Crippen molar-refractivity contribution in [3.05, 3.63) is 39.8 Å². The maximum atomic E-state index is 12.5. The van der Waals surface area contributed by atoms with E-state index < -0.39 is 17.0 Å². The summed E-state index contributed by atoms with van der Waals surface area (Å²) in [4.78, 5) is 15.3. The first-order chi connectivity index (χ1) is 9.95. The Labute approximate surface area is 121 Å². The maximum Gasteiger partial charge on any atom is 0.443 e. The van der Waals surface area contributed by atoms with Gasteiger partial charge in [-0.25, -0.2) is 4.98 Å². The Kier molecular flexibility index (Phi) is 3.32. The van der Waals surface area contributed by atoms with E-state index in [4.69, 9.17) is 9.47 Å². The van der Waals surface area contributed by atoms with Crippen molar-refractivity contribution in [1.29, 1.82) is 0 Å². The van der Waals surface area contributed by atoms with E-state index in [0.29, 0.717) is 36.0 Å². The SMILES string of the molecule is O=C(c1ccc2c(c1)OCCO2)c1cnc(C(F)(F)F)s1. The van der Waals surface area contributed by atoms with Gasteiger partial charge in [-0.1, -0.05) is 0 Å². The predicted molar refractivity (Wildman–Crippen MR) is 68.0 cm³/mol. The standard InChI is InChI=1S/C13H8F3NO3S/c14-13(15,16)12-17-6-10(21-12)11(18)7-1-2-8-9(5-7)20-4-3-19-8/h1-2,5-6H,3-4H2. The lowest BCUT2D eigenvalue weighted by molar-refractivity contribution is -0.137. The average Bonchev–Trinajstić information content (AvgIpc) is 2.96. The molecule has 1 aromatic carbocycles. The number of fused-ring (bicyclic) bond motifs is 1. The Morgan fingerprint density at radius 2 is 1.90 bits per heavy atom. The maximum absolute atomic E-state index is 12.5. The van der Waals surface area contributed by atoms with Gasteiger partial charge in [0.05, 0.1) is 4.88 Å². The summed E-state index contributed by atoms with van der Waals surface area (Å²) >= 11 is 0.322. The summed E-state index contributed by atoms with van der Waals surface area (Å²) in [5.74, 6) is 0.394. The topological polar surface area (TPSA) is 48.4 Å². The summed E-state index contributed by atoms with van der Waals surface area (Å²) in [6, 6.07) is 4.51. The Morgan fingerprint density at radius 3 is 2.57 bits per heavy atom. The minimum atomic E-state index is -4.55. The van der Waals surface area contributed by atoms with Crippen LogP contribution in [0.3, 0.4) is 0 Å². The van der Waals surface area contributed by atoms with Gasteiger partial charge < -0.3 is 9.47 Å². The van der Waals surface area contributed by atoms with Crippen LogP contribution in [0.25, 0.3) is 0 Å². The number of thiazole rings is 1. The van der Waals surface area contributed by atoms with Gasteiger partial charge in [0.25, 0.3) is 0 Å². The largest absolute Gasteiger partial charge is 0.486 e. The van der Waals surface area contributed by atoms with Crippen LogP contribution in [0.5, 0.6) is 11.5 Å². The van der Waals surface area contributed by atoms with Gasteiger partial charge in [0.1, 0.15) is 13.2 Å². The van der Waals surface area contributed by atoms with Gasteiger partial charge in [0.2, 0.25) is 5.78 Å². The average molecular weight is 315 g/mol. The Morgan fingerprint density at radius 1 is 1.19 bits per heavy atom. The predicted octanol–water partition coefficient (Wildman–Crippen LogP) is 3.16. The first kappa shape index (κ1) is 13.9. The number of carbonyl (C=O) groups is 1. The van der Waals surface area contributed by atoms with Crippen LogP contribution in [-0.2, 0) is 6.18 Å². The molecular weight excluding hydrogens is 307 g/mol. The summed E-state index contributed by atoms with van der Waals surface area (Å²) < 4.78 is 48.1. The van der Waals surface area contributed by atoms with Gasteiger partial charge >= 0.3 is 6.18 Å². The van der Waals surface area contributed by atoms with Crippen molar-refractivity contribution >= 4 is 17.1 Å². The number of nitrogens with zero attached hydrogens (tertiary/aromatic N) is 1. The first-order valence-electron chi connectivity index (χ1n) is 5.92. The molecule has 2 heterocycles. The van der Waals surface area contributed by atoms with Crippen molar-refractivity contribution in [2.75, 3.05) is 13.2 Å². The fourth-order valence-corrected chi connectivity index (χ4v) is 2.58. The van der Waals surface area contributed by atoms with Crippen LogP contribution in [0.1, 0.15) is 20.2 Å². The van der Waals surface area contributed by atoms with Gasteiger partial charge in [0, 0.05) is 11.8 Å². The van der Waals surface area contributed by atoms with Crippen LogP contribution in [0, 0.1) is 0 Å². The van der Waals surface area contributed by atoms with E-state index >= 15 is 0 Å². The molecule has 21 heavy (non-hydrogen) atoms. The van der Waals surface area contributed by atoms with E-state index in [1.165, 1.54) is 12.1 Å². The van der Waals surface area contributed by atoms with E-state index in [2.05, 4.69) is 4.98 Å². The Hall–Kier alpha value is -2.09. The molecule has 1 aliphatic rings. The second-order valence-corrected chi connectivity index (χ2v) is 5.25. The molecule has 0 saturated carbocycles. The highest BCUT2D eigenvalue weighted by atomic mass is 32.1. The lowest BCUT2D eigenvalue weighted by Crippen LogP contribution is -2.15. The second kappa shape index (κ2) is 5.03. The van der Waals surface area contributed by atoms with Gasteiger partial charge in [-0.15, -0.1) is 11.3 Å². The summed E-state index contributed by atoms with van der Waals surface area (Å²) in [5.41, 5.74) is 0.233. The molecule has 3 rings (SSSR count). The number of benzene rings is 1. The molecule has 0 bridgehead atoms. The molecule has 0 aliphatic carbocycles. The molecule has 110 valence electrons. The lowest BCUT2D eigenvalue weighted by atomic mass is 10.1. The highest BCUT2D eigenvalue weighted by molar-refractivity contribution is 7.13. The molecule has 8 heteroatoms. The molecule has 0 fully saturated rings. The number of alkyl halides is 3. The fraction of sp³-hybridized carbons (Fsp3) is 0.231. The zero-order valence-electron chi connectivity index (χ0n) is 10.4. The summed E-state index contributed by atoms with van der Waals surface area (Å²) in [7, 11) is 0. The molecular formula is C13H8F3NO3S. The van der Waals surface area contributed by atoms with E-state index in [9.17, 15) is 18.0 Å². The normalized spacial score (nSPS) is 14.0. The minimum Gasteiger partial charge on any atom is -0.486 e. The highest BCUT2D eigenvalue weighted by Gasteiger charge is 2.35. The Balaban J connectivity index is 1.90. The van der Waals surface area contributed by atoms with Crippen LogP contribution in [0.4, 0.5) is 13.2 Å². The van der Waals surface area contributed by atoms with Crippen molar-refractivity contribution in [2.24, 2.45) is 0 Å². The van der Waals surface area contributed by atoms with Crippen LogP contribution in [-0.4, -0.2) is 24.0 Å². The van der Waals surface area contributed by atoms with Gasteiger partial charge in [0.15, 0.2) is 16.5 Å². The van der Waals surface area contributed by atoms with E-state index in [1.54, 1.807) is 6.07 Å². The number of hydrogen-bond acceptors (Lipinski definition) is 5. The van der Waals surface area contributed by atoms with Crippen molar-refractivity contribution < 1.29 is 27.4 Å². The molecule has 0 atom stereocenters. The molecule has 1 aliphatic heterocycles. The Bertz CT molecular complexity index is 696. The van der Waals surface area contributed by atoms with E-state index in [0.717, 1.165) is 6.20 Å². The summed E-state index contributed by atoms with van der Waals surface area (Å²) in [6.07, 6.45) is -3.61. The third-order valence-electron chi connectivity index (χ3n) is 2.78. The third kappa shape index (κ3) is 2.71. The van der Waals surface area contributed by atoms with Gasteiger partial charge in [-0.3, -0.25) is 4.79 Å². The lowest BCUT2D eigenvalue weighted by Gasteiger charge is -2.18. The third-order valence-corrected chi connectivity index (χ3v) is 3.82. The fourth-order valence-electron chi connectivity index (χ4n) is 1.84. The number of halogens is 3. The van der Waals surface area contributed by atoms with E-state index in [-0.39, 0.29) is 10.4 Å². The molecule has 0 saturated heterocycles. The highest BCUT2D eigenvalue weighted by Crippen LogP contribution is 2.35. The zero-order chi connectivity index (χ0) is 15.0. The second-order valence-electron chi connectivity index (χ2n) is 4.21. The number of carbonyl (C=O) groups excluding carboxylic acids is 1. The smallest absolute Gasteiger partial charge is 0.443 e. The van der Waals surface area contributed by atoms with Crippen molar-refractivity contribution in [2.45, 2.75) is 6.18 Å².